The van der Waals surface area contributed by atoms with E-state index in [2.05, 4.69) is 15.3 Å². The van der Waals surface area contributed by atoms with Crippen molar-refractivity contribution in [3.63, 3.8) is 0 Å². The first-order valence-electron chi connectivity index (χ1n) is 5.88. The van der Waals surface area contributed by atoms with Gasteiger partial charge in [0.1, 0.15) is 5.82 Å². The van der Waals surface area contributed by atoms with Gasteiger partial charge in [0.05, 0.1) is 5.56 Å². The predicted molar refractivity (Wildman–Crippen MR) is 63.5 cm³/mol. The third-order valence-electron chi connectivity index (χ3n) is 3.11. The van der Waals surface area contributed by atoms with Gasteiger partial charge in [0.25, 0.3) is 5.56 Å². The molecule has 0 saturated heterocycles. The van der Waals surface area contributed by atoms with Gasteiger partial charge in [-0.05, 0) is 46.1 Å². The molecule has 1 aromatic heterocycles. The van der Waals surface area contributed by atoms with Gasteiger partial charge < -0.3 is 10.3 Å². The number of hydrogen-bond donors (Lipinski definition) is 2. The highest BCUT2D eigenvalue weighted by Crippen LogP contribution is 2.28. The Bertz CT molecular complexity index is 434. The highest BCUT2D eigenvalue weighted by Gasteiger charge is 2.22. The average Bonchev–Trinajstić information content (AvgIpc) is 2.96. The average molecular weight is 221 g/mol. The van der Waals surface area contributed by atoms with Crippen LogP contribution in [0, 0.1) is 19.8 Å². The van der Waals surface area contributed by atoms with E-state index in [0.717, 1.165) is 23.7 Å². The zero-order chi connectivity index (χ0) is 11.7. The monoisotopic (exact) mass is 221 g/mol. The molecular formula is C12H19N3O. The van der Waals surface area contributed by atoms with Crippen molar-refractivity contribution in [1.29, 1.82) is 0 Å². The van der Waals surface area contributed by atoms with E-state index in [-0.39, 0.29) is 11.6 Å². The van der Waals surface area contributed by atoms with Crippen LogP contribution in [0.3, 0.4) is 0 Å². The number of H-pyrrole nitrogens is 1. The summed E-state index contributed by atoms with van der Waals surface area (Å²) >= 11 is 0. The molecule has 1 unspecified atom stereocenters. The van der Waals surface area contributed by atoms with E-state index in [9.17, 15) is 4.79 Å². The SMILES string of the molecule is Cc1nc(C)c(C(C)NCC2CC2)c(=O)[nH]1. The van der Waals surface area contributed by atoms with E-state index in [0.29, 0.717) is 5.82 Å². The molecule has 1 aromatic rings. The Morgan fingerprint density at radius 3 is 2.75 bits per heavy atom. The number of nitrogens with one attached hydrogen (secondary N) is 2. The molecule has 16 heavy (non-hydrogen) atoms. The van der Waals surface area contributed by atoms with Crippen LogP contribution < -0.4 is 10.9 Å². The highest BCUT2D eigenvalue weighted by molar-refractivity contribution is 5.20. The summed E-state index contributed by atoms with van der Waals surface area (Å²) in [7, 11) is 0. The Hall–Kier alpha value is -1.16. The Balaban J connectivity index is 2.14. The highest BCUT2D eigenvalue weighted by atomic mass is 16.1. The summed E-state index contributed by atoms with van der Waals surface area (Å²) in [6.07, 6.45) is 2.64. The molecular weight excluding hydrogens is 202 g/mol. The molecule has 0 radical (unpaired) electrons. The van der Waals surface area contributed by atoms with Crippen molar-refractivity contribution in [2.45, 2.75) is 39.7 Å². The van der Waals surface area contributed by atoms with Gasteiger partial charge in [-0.1, -0.05) is 0 Å². The first-order chi connectivity index (χ1) is 7.58. The fourth-order valence-electron chi connectivity index (χ4n) is 2.01. The standard InChI is InChI=1S/C12H19N3O/c1-7(13-6-10-4-5-10)11-8(2)14-9(3)15-12(11)16/h7,10,13H,4-6H2,1-3H3,(H,14,15,16). The Labute approximate surface area is 95.5 Å². The summed E-state index contributed by atoms with van der Waals surface area (Å²) in [5.74, 6) is 1.50. The molecule has 4 nitrogen and oxygen atoms in total. The molecule has 1 atom stereocenters. The first kappa shape index (κ1) is 11.3. The number of aromatic amines is 1. The minimum absolute atomic E-state index is 0.0132. The second kappa shape index (κ2) is 4.37. The lowest BCUT2D eigenvalue weighted by Crippen LogP contribution is -2.29. The molecule has 1 aliphatic carbocycles. The Morgan fingerprint density at radius 2 is 2.19 bits per heavy atom. The molecule has 0 amide bonds. The summed E-state index contributed by atoms with van der Waals surface area (Å²) in [4.78, 5) is 18.9. The number of aryl methyl sites for hydroxylation is 2. The third kappa shape index (κ3) is 2.50. The maximum Gasteiger partial charge on any atom is 0.255 e. The van der Waals surface area contributed by atoms with Gasteiger partial charge in [-0.3, -0.25) is 4.79 Å². The van der Waals surface area contributed by atoms with Crippen LogP contribution >= 0.6 is 0 Å². The minimum Gasteiger partial charge on any atom is -0.310 e. The Morgan fingerprint density at radius 1 is 1.50 bits per heavy atom. The molecule has 1 saturated carbocycles. The van der Waals surface area contributed by atoms with Gasteiger partial charge in [-0.2, -0.15) is 0 Å². The summed E-state index contributed by atoms with van der Waals surface area (Å²) in [6, 6.07) is 0.0810. The smallest absolute Gasteiger partial charge is 0.255 e. The summed E-state index contributed by atoms with van der Waals surface area (Å²) in [5.41, 5.74) is 1.59. The van der Waals surface area contributed by atoms with Crippen LogP contribution in [0.25, 0.3) is 0 Å². The summed E-state index contributed by atoms with van der Waals surface area (Å²) in [6.45, 7) is 6.73. The molecule has 1 aliphatic rings. The molecule has 0 spiro atoms. The molecule has 0 aliphatic heterocycles. The van der Waals surface area contributed by atoms with Crippen molar-refractivity contribution in [2.75, 3.05) is 6.54 Å². The lowest BCUT2D eigenvalue weighted by atomic mass is 10.1. The lowest BCUT2D eigenvalue weighted by molar-refractivity contribution is 0.539. The number of rotatable bonds is 4. The normalized spacial score (nSPS) is 17.4. The van der Waals surface area contributed by atoms with Gasteiger partial charge in [0.2, 0.25) is 0 Å². The number of hydrogen-bond acceptors (Lipinski definition) is 3. The van der Waals surface area contributed by atoms with Gasteiger partial charge >= 0.3 is 0 Å². The van der Waals surface area contributed by atoms with Crippen molar-refractivity contribution in [1.82, 2.24) is 15.3 Å². The van der Waals surface area contributed by atoms with Gasteiger partial charge in [-0.15, -0.1) is 0 Å². The Kier molecular flexibility index (Phi) is 3.10. The van der Waals surface area contributed by atoms with Crippen molar-refractivity contribution in [2.24, 2.45) is 5.92 Å². The quantitative estimate of drug-likeness (QED) is 0.809. The number of aromatic nitrogens is 2. The number of nitrogens with zero attached hydrogens (tertiary/aromatic N) is 1. The zero-order valence-electron chi connectivity index (χ0n) is 10.1. The molecule has 1 fully saturated rings. The maximum absolute atomic E-state index is 11.8. The van der Waals surface area contributed by atoms with E-state index in [1.165, 1.54) is 12.8 Å². The molecule has 4 heteroatoms. The predicted octanol–water partition coefficient (Wildman–Crippen LogP) is 1.45. The summed E-state index contributed by atoms with van der Waals surface area (Å²) < 4.78 is 0. The second-order valence-electron chi connectivity index (χ2n) is 4.72. The van der Waals surface area contributed by atoms with Crippen LogP contribution in [-0.4, -0.2) is 16.5 Å². The van der Waals surface area contributed by atoms with Crippen LogP contribution in [0.4, 0.5) is 0 Å². The molecule has 0 bridgehead atoms. The lowest BCUT2D eigenvalue weighted by Gasteiger charge is -2.15. The summed E-state index contributed by atoms with van der Waals surface area (Å²) in [5, 5.41) is 3.40. The van der Waals surface area contributed by atoms with Crippen molar-refractivity contribution in [3.05, 3.63) is 27.4 Å². The van der Waals surface area contributed by atoms with Crippen molar-refractivity contribution >= 4 is 0 Å². The van der Waals surface area contributed by atoms with Crippen LogP contribution in [-0.2, 0) is 0 Å². The van der Waals surface area contributed by atoms with Crippen LogP contribution in [0.15, 0.2) is 4.79 Å². The van der Waals surface area contributed by atoms with Crippen LogP contribution in [0.2, 0.25) is 0 Å². The zero-order valence-corrected chi connectivity index (χ0v) is 10.1. The van der Waals surface area contributed by atoms with Crippen molar-refractivity contribution < 1.29 is 0 Å². The molecule has 2 rings (SSSR count). The van der Waals surface area contributed by atoms with E-state index >= 15 is 0 Å². The largest absolute Gasteiger partial charge is 0.310 e. The molecule has 1 heterocycles. The molecule has 88 valence electrons. The van der Waals surface area contributed by atoms with E-state index in [1.54, 1.807) is 6.92 Å². The van der Waals surface area contributed by atoms with Crippen molar-refractivity contribution in [3.8, 4) is 0 Å². The second-order valence-corrected chi connectivity index (χ2v) is 4.72. The van der Waals surface area contributed by atoms with E-state index < -0.39 is 0 Å². The molecule has 2 N–H and O–H groups in total. The van der Waals surface area contributed by atoms with E-state index in [1.807, 2.05) is 13.8 Å². The van der Waals surface area contributed by atoms with Crippen LogP contribution in [0.1, 0.15) is 42.9 Å². The van der Waals surface area contributed by atoms with E-state index in [4.69, 9.17) is 0 Å². The first-order valence-corrected chi connectivity index (χ1v) is 5.88. The fraction of sp³-hybridized carbons (Fsp3) is 0.667. The topological polar surface area (TPSA) is 57.8 Å². The fourth-order valence-corrected chi connectivity index (χ4v) is 2.01. The van der Waals surface area contributed by atoms with Crippen LogP contribution in [0.5, 0.6) is 0 Å². The maximum atomic E-state index is 11.8. The van der Waals surface area contributed by atoms with Gasteiger partial charge in [-0.25, -0.2) is 4.98 Å². The molecule has 0 aromatic carbocycles. The van der Waals surface area contributed by atoms with Gasteiger partial charge in [0, 0.05) is 11.7 Å². The minimum atomic E-state index is -0.0132. The third-order valence-corrected chi connectivity index (χ3v) is 3.11. The van der Waals surface area contributed by atoms with Gasteiger partial charge in [0.15, 0.2) is 0 Å².